The molecular weight excluding hydrogens is 393 g/mol. The van der Waals surface area contributed by atoms with Crippen molar-refractivity contribution in [3.8, 4) is 11.3 Å². The van der Waals surface area contributed by atoms with Gasteiger partial charge in [-0.25, -0.2) is 14.2 Å². The molecule has 0 fully saturated rings. The Bertz CT molecular complexity index is 799. The van der Waals surface area contributed by atoms with E-state index in [0.717, 1.165) is 25.3 Å². The summed E-state index contributed by atoms with van der Waals surface area (Å²) in [6.45, 7) is 0. The van der Waals surface area contributed by atoms with Crippen LogP contribution in [-0.4, -0.2) is 23.6 Å². The van der Waals surface area contributed by atoms with Crippen LogP contribution in [0.15, 0.2) is 29.2 Å². The molecule has 1 aromatic carbocycles. The second-order valence-electron chi connectivity index (χ2n) is 4.33. The van der Waals surface area contributed by atoms with E-state index in [1.165, 1.54) is 6.07 Å². The number of aromatic nitrogens is 1. The summed E-state index contributed by atoms with van der Waals surface area (Å²) in [5.74, 6) is -1.77. The fourth-order valence-electron chi connectivity index (χ4n) is 1.78. The van der Waals surface area contributed by atoms with E-state index < -0.39 is 17.3 Å². The largest absolute Gasteiger partial charge is 0.464 e. The van der Waals surface area contributed by atoms with E-state index in [0.29, 0.717) is 0 Å². The molecule has 0 saturated heterocycles. The lowest BCUT2D eigenvalue weighted by Gasteiger charge is -2.11. The topological polar surface area (TPSA) is 39.2 Å². The Hall–Kier alpha value is -1.51. The predicted molar refractivity (Wildman–Crippen MR) is 82.9 cm³/mol. The summed E-state index contributed by atoms with van der Waals surface area (Å²) in [4.78, 5) is 15.2. The second kappa shape index (κ2) is 7.16. The first-order valence-corrected chi connectivity index (χ1v) is 7.69. The van der Waals surface area contributed by atoms with Crippen LogP contribution in [0.1, 0.15) is 10.5 Å². The van der Waals surface area contributed by atoms with Crippen LogP contribution >= 0.6 is 35.0 Å². The number of benzene rings is 1. The molecule has 0 unspecified atom stereocenters. The monoisotopic (exact) mass is 399 g/mol. The molecule has 0 saturated carbocycles. The Balaban J connectivity index is 2.50. The molecule has 0 spiro atoms. The summed E-state index contributed by atoms with van der Waals surface area (Å²) in [5, 5.41) is -0.419. The molecule has 24 heavy (non-hydrogen) atoms. The Morgan fingerprint density at radius 2 is 1.88 bits per heavy atom. The molecule has 1 heterocycles. The van der Waals surface area contributed by atoms with Crippen LogP contribution in [0.5, 0.6) is 0 Å². The smallest absolute Gasteiger partial charge is 0.446 e. The Morgan fingerprint density at radius 1 is 1.21 bits per heavy atom. The molecule has 0 aliphatic carbocycles. The van der Waals surface area contributed by atoms with Gasteiger partial charge in [0.25, 0.3) is 0 Å². The van der Waals surface area contributed by atoms with E-state index in [4.69, 9.17) is 23.2 Å². The summed E-state index contributed by atoms with van der Waals surface area (Å²) in [6.07, 6.45) is 0. The molecule has 3 nitrogen and oxygen atoms in total. The number of halogens is 6. The minimum Gasteiger partial charge on any atom is -0.464 e. The minimum absolute atomic E-state index is 0.0162. The SMILES string of the molecule is COC(=O)c1nc(-c2ccc(SC(F)(F)F)cc2Cl)c(F)cc1Cl. The van der Waals surface area contributed by atoms with Crippen molar-refractivity contribution in [3.63, 3.8) is 0 Å². The third-order valence-electron chi connectivity index (χ3n) is 2.74. The number of nitrogens with zero attached hydrogens (tertiary/aromatic N) is 1. The number of carbonyl (C=O) groups is 1. The lowest BCUT2D eigenvalue weighted by Crippen LogP contribution is -2.07. The molecule has 2 rings (SSSR count). The van der Waals surface area contributed by atoms with Crippen molar-refractivity contribution in [2.75, 3.05) is 7.11 Å². The van der Waals surface area contributed by atoms with Crippen LogP contribution in [0.25, 0.3) is 11.3 Å². The van der Waals surface area contributed by atoms with Gasteiger partial charge in [0.1, 0.15) is 5.69 Å². The average Bonchev–Trinajstić information content (AvgIpc) is 2.46. The highest BCUT2D eigenvalue weighted by molar-refractivity contribution is 8.00. The van der Waals surface area contributed by atoms with Gasteiger partial charge in [-0.05, 0) is 30.0 Å². The van der Waals surface area contributed by atoms with Gasteiger partial charge < -0.3 is 4.74 Å². The number of esters is 1. The molecule has 0 aliphatic rings. The summed E-state index contributed by atoms with van der Waals surface area (Å²) >= 11 is 11.3. The molecule has 0 bridgehead atoms. The fraction of sp³-hybridized carbons (Fsp3) is 0.143. The Labute approximate surface area is 147 Å². The van der Waals surface area contributed by atoms with Gasteiger partial charge in [0.2, 0.25) is 0 Å². The number of methoxy groups -OCH3 is 1. The molecule has 0 amide bonds. The summed E-state index contributed by atoms with van der Waals surface area (Å²) in [6, 6.07) is 4.18. The minimum atomic E-state index is -4.48. The molecule has 1 aromatic heterocycles. The Kier molecular flexibility index (Phi) is 5.62. The van der Waals surface area contributed by atoms with Gasteiger partial charge in [0.15, 0.2) is 11.5 Å². The van der Waals surface area contributed by atoms with Gasteiger partial charge in [0, 0.05) is 10.5 Å². The first kappa shape index (κ1) is 18.8. The molecule has 0 aliphatic heterocycles. The van der Waals surface area contributed by atoms with Crippen molar-refractivity contribution in [2.24, 2.45) is 0 Å². The first-order valence-electron chi connectivity index (χ1n) is 6.12. The third-order valence-corrected chi connectivity index (χ3v) is 4.06. The lowest BCUT2D eigenvalue weighted by atomic mass is 10.1. The third kappa shape index (κ3) is 4.31. The highest BCUT2D eigenvalue weighted by Crippen LogP contribution is 2.40. The fourth-order valence-corrected chi connectivity index (χ4v) is 2.91. The molecular formula is C14H7Cl2F4NO2S. The molecule has 10 heteroatoms. The molecule has 0 radical (unpaired) electrons. The van der Waals surface area contributed by atoms with Crippen molar-refractivity contribution in [3.05, 3.63) is 45.8 Å². The van der Waals surface area contributed by atoms with E-state index in [1.54, 1.807) is 0 Å². The summed E-state index contributed by atoms with van der Waals surface area (Å²) < 4.78 is 55.7. The normalized spacial score (nSPS) is 11.5. The van der Waals surface area contributed by atoms with Crippen LogP contribution in [0.2, 0.25) is 10.0 Å². The number of alkyl halides is 3. The number of thioether (sulfide) groups is 1. The van der Waals surface area contributed by atoms with Crippen LogP contribution in [0, 0.1) is 5.82 Å². The van der Waals surface area contributed by atoms with Crippen LogP contribution in [0.4, 0.5) is 17.6 Å². The van der Waals surface area contributed by atoms with E-state index in [9.17, 15) is 22.4 Å². The maximum atomic E-state index is 14.1. The molecule has 0 N–H and O–H groups in total. The highest BCUT2D eigenvalue weighted by Gasteiger charge is 2.29. The van der Waals surface area contributed by atoms with Crippen molar-refractivity contribution in [1.82, 2.24) is 4.98 Å². The van der Waals surface area contributed by atoms with E-state index in [1.807, 2.05) is 0 Å². The van der Waals surface area contributed by atoms with Gasteiger partial charge in [-0.1, -0.05) is 29.3 Å². The molecule has 2 aromatic rings. The second-order valence-corrected chi connectivity index (χ2v) is 6.28. The standard InChI is InChI=1S/C14H7Cl2F4NO2S/c1-23-13(22)12-9(16)5-10(17)11(21-12)7-3-2-6(4-8(7)15)24-14(18,19)20/h2-5H,1H3. The van der Waals surface area contributed by atoms with Crippen LogP contribution < -0.4 is 0 Å². The average molecular weight is 400 g/mol. The van der Waals surface area contributed by atoms with Crippen molar-refractivity contribution < 1.29 is 27.1 Å². The van der Waals surface area contributed by atoms with Crippen molar-refractivity contribution in [2.45, 2.75) is 10.4 Å². The maximum Gasteiger partial charge on any atom is 0.446 e. The van der Waals surface area contributed by atoms with E-state index in [2.05, 4.69) is 9.72 Å². The van der Waals surface area contributed by atoms with E-state index >= 15 is 0 Å². The van der Waals surface area contributed by atoms with Gasteiger partial charge in [-0.15, -0.1) is 0 Å². The first-order chi connectivity index (χ1) is 11.1. The zero-order valence-corrected chi connectivity index (χ0v) is 14.1. The van der Waals surface area contributed by atoms with Crippen molar-refractivity contribution >= 4 is 40.9 Å². The number of rotatable bonds is 3. The number of pyridine rings is 1. The van der Waals surface area contributed by atoms with Gasteiger partial charge >= 0.3 is 11.5 Å². The summed E-state index contributed by atoms with van der Waals surface area (Å²) in [5.41, 5.74) is -5.12. The molecule has 128 valence electrons. The Morgan fingerprint density at radius 3 is 2.42 bits per heavy atom. The van der Waals surface area contributed by atoms with E-state index in [-0.39, 0.29) is 43.7 Å². The van der Waals surface area contributed by atoms with Gasteiger partial charge in [-0.3, -0.25) is 0 Å². The number of ether oxygens (including phenoxy) is 1. The number of carbonyl (C=O) groups excluding carboxylic acids is 1. The summed E-state index contributed by atoms with van der Waals surface area (Å²) in [7, 11) is 1.10. The highest BCUT2D eigenvalue weighted by atomic mass is 35.5. The zero-order chi connectivity index (χ0) is 18.1. The van der Waals surface area contributed by atoms with Crippen LogP contribution in [0.3, 0.4) is 0 Å². The quantitative estimate of drug-likeness (QED) is 0.383. The van der Waals surface area contributed by atoms with Crippen molar-refractivity contribution in [1.29, 1.82) is 0 Å². The zero-order valence-electron chi connectivity index (χ0n) is 11.7. The lowest BCUT2D eigenvalue weighted by molar-refractivity contribution is -0.0328. The molecule has 0 atom stereocenters. The van der Waals surface area contributed by atoms with Gasteiger partial charge in [0.05, 0.1) is 17.2 Å². The number of hydrogen-bond acceptors (Lipinski definition) is 4. The number of hydrogen-bond donors (Lipinski definition) is 0. The maximum absolute atomic E-state index is 14.1. The van der Waals surface area contributed by atoms with Gasteiger partial charge in [-0.2, -0.15) is 13.2 Å². The predicted octanol–water partition coefficient (Wildman–Crippen LogP) is 5.59. The van der Waals surface area contributed by atoms with Crippen LogP contribution in [-0.2, 0) is 4.74 Å².